The first kappa shape index (κ1) is 28.7. The van der Waals surface area contributed by atoms with Gasteiger partial charge in [-0.15, -0.1) is 0 Å². The monoisotopic (exact) mass is 565 g/mol. The molecule has 0 atom stereocenters. The van der Waals surface area contributed by atoms with Crippen molar-refractivity contribution in [3.8, 4) is 0 Å². The van der Waals surface area contributed by atoms with Crippen molar-refractivity contribution >= 4 is 45.9 Å². The molecule has 0 fully saturated rings. The number of rotatable bonds is 12. The topological polar surface area (TPSA) is 65.6 Å². The summed E-state index contributed by atoms with van der Waals surface area (Å²) in [6.07, 6.45) is 3.28. The van der Waals surface area contributed by atoms with Crippen molar-refractivity contribution in [1.29, 1.82) is 0 Å². The predicted molar refractivity (Wildman–Crippen MR) is 157 cm³/mol. The standard InChI is InChI=1S/C31H33Cl2N3O3/c1-22-8-10-23(11-9-22)20-35(16-14-24-19-34-29-7-4-3-6-26(24)29)30(37)21-36(15-5-17-39-2)31(38)27-13-12-25(32)18-28(27)33/h3-4,6-13,18-19,34H,5,14-17,20-21H2,1-2H3. The van der Waals surface area contributed by atoms with E-state index >= 15 is 0 Å². The molecule has 1 heterocycles. The van der Waals surface area contributed by atoms with Gasteiger partial charge in [0.05, 0.1) is 10.6 Å². The summed E-state index contributed by atoms with van der Waals surface area (Å²) in [7, 11) is 1.61. The van der Waals surface area contributed by atoms with E-state index < -0.39 is 0 Å². The highest BCUT2D eigenvalue weighted by atomic mass is 35.5. The molecule has 0 unspecified atom stereocenters. The largest absolute Gasteiger partial charge is 0.385 e. The van der Waals surface area contributed by atoms with Crippen LogP contribution in [0.25, 0.3) is 10.9 Å². The fraction of sp³-hybridized carbons (Fsp3) is 0.290. The first-order valence-corrected chi connectivity index (χ1v) is 13.7. The van der Waals surface area contributed by atoms with Crippen LogP contribution in [0, 0.1) is 6.92 Å². The molecule has 204 valence electrons. The highest BCUT2D eigenvalue weighted by molar-refractivity contribution is 6.36. The third-order valence-corrected chi connectivity index (χ3v) is 7.27. The van der Waals surface area contributed by atoms with Gasteiger partial charge < -0.3 is 19.5 Å². The molecule has 1 N–H and O–H groups in total. The molecule has 0 aliphatic carbocycles. The lowest BCUT2D eigenvalue weighted by Gasteiger charge is -2.28. The van der Waals surface area contributed by atoms with Gasteiger partial charge in [0.1, 0.15) is 6.54 Å². The lowest BCUT2D eigenvalue weighted by molar-refractivity contribution is -0.132. The average molecular weight is 567 g/mol. The Morgan fingerprint density at radius 2 is 1.72 bits per heavy atom. The maximum Gasteiger partial charge on any atom is 0.255 e. The second-order valence-corrected chi connectivity index (χ2v) is 10.5. The summed E-state index contributed by atoms with van der Waals surface area (Å²) in [6.45, 7) is 3.76. The van der Waals surface area contributed by atoms with Crippen molar-refractivity contribution in [2.75, 3.05) is 33.4 Å². The van der Waals surface area contributed by atoms with Crippen molar-refractivity contribution in [2.24, 2.45) is 0 Å². The van der Waals surface area contributed by atoms with Gasteiger partial charge in [0.2, 0.25) is 5.91 Å². The summed E-state index contributed by atoms with van der Waals surface area (Å²) in [4.78, 5) is 34.0. The molecule has 0 aliphatic heterocycles. The molecule has 0 bridgehead atoms. The molecule has 8 heteroatoms. The van der Waals surface area contributed by atoms with E-state index in [1.807, 2.05) is 60.5 Å². The highest BCUT2D eigenvalue weighted by Crippen LogP contribution is 2.23. The predicted octanol–water partition coefficient (Wildman–Crippen LogP) is 6.53. The molecule has 4 rings (SSSR count). The lowest BCUT2D eigenvalue weighted by Crippen LogP contribution is -2.44. The van der Waals surface area contributed by atoms with Crippen LogP contribution in [0.4, 0.5) is 0 Å². The van der Waals surface area contributed by atoms with Crippen molar-refractivity contribution in [1.82, 2.24) is 14.8 Å². The van der Waals surface area contributed by atoms with Gasteiger partial charge in [-0.25, -0.2) is 0 Å². The number of hydrogen-bond donors (Lipinski definition) is 1. The molecule has 39 heavy (non-hydrogen) atoms. The third kappa shape index (κ3) is 7.63. The Morgan fingerprint density at radius 3 is 2.46 bits per heavy atom. The maximum absolute atomic E-state index is 13.8. The SMILES string of the molecule is COCCCN(CC(=O)N(CCc1c[nH]c2ccccc12)Cc1ccc(C)cc1)C(=O)c1ccc(Cl)cc1Cl. The van der Waals surface area contributed by atoms with Crippen LogP contribution in [0.5, 0.6) is 0 Å². The van der Waals surface area contributed by atoms with Crippen LogP contribution in [-0.4, -0.2) is 59.9 Å². The smallest absolute Gasteiger partial charge is 0.255 e. The summed E-state index contributed by atoms with van der Waals surface area (Å²) >= 11 is 12.4. The Kier molecular flexibility index (Phi) is 10.0. The minimum absolute atomic E-state index is 0.0682. The van der Waals surface area contributed by atoms with E-state index in [0.717, 1.165) is 27.6 Å². The number of para-hydroxylation sites is 1. The maximum atomic E-state index is 13.8. The summed E-state index contributed by atoms with van der Waals surface area (Å²) < 4.78 is 5.19. The molecule has 3 aromatic carbocycles. The van der Waals surface area contributed by atoms with Gasteiger partial charge in [0, 0.05) is 55.5 Å². The highest BCUT2D eigenvalue weighted by Gasteiger charge is 2.24. The van der Waals surface area contributed by atoms with Crippen LogP contribution in [0.1, 0.15) is 33.5 Å². The zero-order valence-corrected chi connectivity index (χ0v) is 23.8. The number of carbonyl (C=O) groups excluding carboxylic acids is 2. The second-order valence-electron chi connectivity index (χ2n) is 9.61. The van der Waals surface area contributed by atoms with E-state index in [0.29, 0.717) is 49.7 Å². The third-order valence-electron chi connectivity index (χ3n) is 6.72. The Labute approximate surface area is 239 Å². The van der Waals surface area contributed by atoms with Gasteiger partial charge >= 0.3 is 0 Å². The zero-order valence-electron chi connectivity index (χ0n) is 22.3. The van der Waals surface area contributed by atoms with Crippen molar-refractivity contribution < 1.29 is 14.3 Å². The molecular weight excluding hydrogens is 533 g/mol. The number of fused-ring (bicyclic) bond motifs is 1. The number of carbonyl (C=O) groups is 2. The van der Waals surface area contributed by atoms with Gasteiger partial charge in [-0.3, -0.25) is 9.59 Å². The summed E-state index contributed by atoms with van der Waals surface area (Å²) in [5.74, 6) is -0.445. The molecule has 0 saturated carbocycles. The molecule has 0 aliphatic rings. The molecule has 0 spiro atoms. The quantitative estimate of drug-likeness (QED) is 0.198. The normalized spacial score (nSPS) is 11.1. The number of amides is 2. The minimum Gasteiger partial charge on any atom is -0.385 e. The van der Waals surface area contributed by atoms with Gasteiger partial charge in [-0.1, -0.05) is 71.2 Å². The molecule has 4 aromatic rings. The van der Waals surface area contributed by atoms with Gasteiger partial charge in [-0.05, 0) is 55.2 Å². The number of halogens is 2. The van der Waals surface area contributed by atoms with E-state index in [2.05, 4.69) is 11.1 Å². The van der Waals surface area contributed by atoms with E-state index in [1.54, 1.807) is 24.1 Å². The second kappa shape index (κ2) is 13.7. The number of methoxy groups -OCH3 is 1. The van der Waals surface area contributed by atoms with Crippen molar-refractivity contribution in [3.63, 3.8) is 0 Å². The van der Waals surface area contributed by atoms with E-state index in [9.17, 15) is 9.59 Å². The number of ether oxygens (including phenoxy) is 1. The molecule has 0 saturated heterocycles. The van der Waals surface area contributed by atoms with Crippen molar-refractivity contribution in [3.05, 3.63) is 105 Å². The number of nitrogens with zero attached hydrogens (tertiary/aromatic N) is 2. The Morgan fingerprint density at radius 1 is 0.949 bits per heavy atom. The summed E-state index contributed by atoms with van der Waals surface area (Å²) in [6, 6.07) is 21.1. The number of hydrogen-bond acceptors (Lipinski definition) is 3. The zero-order chi connectivity index (χ0) is 27.8. The van der Waals surface area contributed by atoms with Gasteiger partial charge in [0.15, 0.2) is 0 Å². The van der Waals surface area contributed by atoms with Crippen LogP contribution < -0.4 is 0 Å². The Bertz CT molecular complexity index is 1420. The number of aromatic nitrogens is 1. The van der Waals surface area contributed by atoms with E-state index in [1.165, 1.54) is 6.07 Å². The van der Waals surface area contributed by atoms with Gasteiger partial charge in [0.25, 0.3) is 5.91 Å². The molecule has 1 aromatic heterocycles. The molecule has 0 radical (unpaired) electrons. The van der Waals surface area contributed by atoms with Crippen LogP contribution in [0.15, 0.2) is 72.9 Å². The minimum atomic E-state index is -0.312. The fourth-order valence-corrected chi connectivity index (χ4v) is 5.04. The average Bonchev–Trinajstić information content (AvgIpc) is 3.34. The number of aromatic amines is 1. The first-order chi connectivity index (χ1) is 18.9. The molecule has 6 nitrogen and oxygen atoms in total. The fourth-order valence-electron chi connectivity index (χ4n) is 4.55. The Hall–Kier alpha value is -3.32. The van der Waals surface area contributed by atoms with Crippen molar-refractivity contribution in [2.45, 2.75) is 26.3 Å². The Balaban J connectivity index is 1.56. The van der Waals surface area contributed by atoms with Crippen LogP contribution in [0.3, 0.4) is 0 Å². The number of nitrogens with one attached hydrogen (secondary N) is 1. The first-order valence-electron chi connectivity index (χ1n) is 13.0. The van der Waals surface area contributed by atoms with Crippen LogP contribution in [0.2, 0.25) is 10.0 Å². The van der Waals surface area contributed by atoms with E-state index in [4.69, 9.17) is 27.9 Å². The van der Waals surface area contributed by atoms with Crippen LogP contribution >= 0.6 is 23.2 Å². The number of aryl methyl sites for hydroxylation is 1. The lowest BCUT2D eigenvalue weighted by atomic mass is 10.1. The number of benzene rings is 3. The molecule has 2 amide bonds. The number of H-pyrrole nitrogens is 1. The summed E-state index contributed by atoms with van der Waals surface area (Å²) in [5.41, 5.74) is 4.72. The van der Waals surface area contributed by atoms with Gasteiger partial charge in [-0.2, -0.15) is 0 Å². The van der Waals surface area contributed by atoms with Crippen LogP contribution in [-0.2, 0) is 22.5 Å². The summed E-state index contributed by atoms with van der Waals surface area (Å²) in [5, 5.41) is 1.85. The molecular formula is C31H33Cl2N3O3. The van der Waals surface area contributed by atoms with E-state index in [-0.39, 0.29) is 23.4 Å².